The number of benzene rings is 1. The lowest BCUT2D eigenvalue weighted by atomic mass is 10.2. The lowest BCUT2D eigenvalue weighted by molar-refractivity contribution is 0.112. The maximum Gasteiger partial charge on any atom is 0.152 e. The largest absolute Gasteiger partial charge is 0.360 e. The number of fused-ring (bicyclic) bond motifs is 1. The van der Waals surface area contributed by atoms with Crippen molar-refractivity contribution in [1.82, 2.24) is 4.98 Å². The van der Waals surface area contributed by atoms with Crippen LogP contribution in [-0.4, -0.2) is 11.3 Å². The Morgan fingerprint density at radius 3 is 2.92 bits per heavy atom. The zero-order chi connectivity index (χ0) is 9.42. The van der Waals surface area contributed by atoms with Crippen molar-refractivity contribution in [2.45, 2.75) is 0 Å². The van der Waals surface area contributed by atoms with Crippen molar-refractivity contribution in [1.29, 1.82) is 0 Å². The summed E-state index contributed by atoms with van der Waals surface area (Å²) in [5.74, 6) is 0. The van der Waals surface area contributed by atoms with Gasteiger partial charge in [-0.3, -0.25) is 4.79 Å². The van der Waals surface area contributed by atoms with Crippen LogP contribution in [0, 0.1) is 0 Å². The molecule has 2 rings (SSSR count). The van der Waals surface area contributed by atoms with Crippen molar-refractivity contribution < 1.29 is 4.79 Å². The van der Waals surface area contributed by atoms with Crippen LogP contribution in [0.5, 0.6) is 0 Å². The molecule has 4 heteroatoms. The van der Waals surface area contributed by atoms with Crippen molar-refractivity contribution in [3.63, 3.8) is 0 Å². The molecular formula is C9H5BrClNO. The molecule has 0 aliphatic heterocycles. The topological polar surface area (TPSA) is 32.9 Å². The summed E-state index contributed by atoms with van der Waals surface area (Å²) in [6.07, 6.45) is 2.48. The maximum absolute atomic E-state index is 10.6. The highest BCUT2D eigenvalue weighted by Gasteiger charge is 2.05. The van der Waals surface area contributed by atoms with Crippen LogP contribution in [0.25, 0.3) is 10.9 Å². The number of carbonyl (C=O) groups is 1. The van der Waals surface area contributed by atoms with E-state index in [2.05, 4.69) is 20.9 Å². The van der Waals surface area contributed by atoms with Gasteiger partial charge in [-0.15, -0.1) is 0 Å². The Morgan fingerprint density at radius 1 is 1.46 bits per heavy atom. The summed E-state index contributed by atoms with van der Waals surface area (Å²) in [6, 6.07) is 3.62. The van der Waals surface area contributed by atoms with Gasteiger partial charge < -0.3 is 4.98 Å². The smallest absolute Gasteiger partial charge is 0.152 e. The monoisotopic (exact) mass is 257 g/mol. The Morgan fingerprint density at radius 2 is 2.23 bits per heavy atom. The molecule has 1 heterocycles. The molecule has 66 valence electrons. The van der Waals surface area contributed by atoms with Crippen LogP contribution >= 0.6 is 27.5 Å². The first-order valence-electron chi connectivity index (χ1n) is 3.63. The number of H-pyrrole nitrogens is 1. The van der Waals surface area contributed by atoms with Crippen LogP contribution < -0.4 is 0 Å². The number of aromatic amines is 1. The minimum absolute atomic E-state index is 0.607. The summed E-state index contributed by atoms with van der Waals surface area (Å²) >= 11 is 9.20. The molecule has 1 aromatic carbocycles. The molecule has 1 N–H and O–H groups in total. The Kier molecular flexibility index (Phi) is 2.14. The van der Waals surface area contributed by atoms with Gasteiger partial charge in [0.1, 0.15) is 0 Å². The average Bonchev–Trinajstić information content (AvgIpc) is 2.48. The minimum atomic E-state index is 0.607. The summed E-state index contributed by atoms with van der Waals surface area (Å²) in [7, 11) is 0. The molecule has 2 aromatic rings. The third-order valence-electron chi connectivity index (χ3n) is 1.88. The van der Waals surface area contributed by atoms with Crippen LogP contribution in [-0.2, 0) is 0 Å². The normalized spacial score (nSPS) is 10.6. The summed E-state index contributed by atoms with van der Waals surface area (Å²) in [4.78, 5) is 13.6. The molecule has 0 aliphatic rings. The predicted octanol–water partition coefficient (Wildman–Crippen LogP) is 3.40. The summed E-state index contributed by atoms with van der Waals surface area (Å²) < 4.78 is 0.820. The molecular weight excluding hydrogens is 253 g/mol. The lowest BCUT2D eigenvalue weighted by Gasteiger charge is -1.96. The quantitative estimate of drug-likeness (QED) is 0.781. The first-order valence-corrected chi connectivity index (χ1v) is 4.81. The van der Waals surface area contributed by atoms with E-state index in [0.717, 1.165) is 21.7 Å². The van der Waals surface area contributed by atoms with Gasteiger partial charge in [0.05, 0.1) is 5.02 Å². The SMILES string of the molecule is O=Cc1c[nH]c2cc(Br)c(Cl)cc12. The molecule has 0 saturated heterocycles. The molecule has 0 amide bonds. The van der Waals surface area contributed by atoms with Crippen LogP contribution in [0.3, 0.4) is 0 Å². The molecule has 0 spiro atoms. The molecule has 0 radical (unpaired) electrons. The Bertz CT molecular complexity index is 478. The van der Waals surface area contributed by atoms with E-state index in [0.29, 0.717) is 10.6 Å². The number of hydrogen-bond donors (Lipinski definition) is 1. The molecule has 1 aromatic heterocycles. The number of aromatic nitrogens is 1. The Hall–Kier alpha value is -0.800. The van der Waals surface area contributed by atoms with Crippen LogP contribution in [0.4, 0.5) is 0 Å². The van der Waals surface area contributed by atoms with Crippen molar-refractivity contribution in [2.24, 2.45) is 0 Å². The van der Waals surface area contributed by atoms with Gasteiger partial charge in [0, 0.05) is 27.1 Å². The van der Waals surface area contributed by atoms with E-state index < -0.39 is 0 Å². The fourth-order valence-electron chi connectivity index (χ4n) is 1.24. The number of rotatable bonds is 1. The van der Waals surface area contributed by atoms with Gasteiger partial charge in [-0.25, -0.2) is 0 Å². The van der Waals surface area contributed by atoms with E-state index in [9.17, 15) is 4.79 Å². The van der Waals surface area contributed by atoms with E-state index in [4.69, 9.17) is 11.6 Å². The first kappa shape index (κ1) is 8.78. The molecule has 0 saturated carbocycles. The fourth-order valence-corrected chi connectivity index (χ4v) is 1.74. The number of aldehydes is 1. The van der Waals surface area contributed by atoms with E-state index >= 15 is 0 Å². The van der Waals surface area contributed by atoms with Crippen LogP contribution in [0.15, 0.2) is 22.8 Å². The highest BCUT2D eigenvalue weighted by atomic mass is 79.9. The fraction of sp³-hybridized carbons (Fsp3) is 0. The predicted molar refractivity (Wildman–Crippen MR) is 56.4 cm³/mol. The van der Waals surface area contributed by atoms with Gasteiger partial charge in [0.2, 0.25) is 0 Å². The molecule has 0 atom stereocenters. The molecule has 13 heavy (non-hydrogen) atoms. The minimum Gasteiger partial charge on any atom is -0.360 e. The number of nitrogens with one attached hydrogen (secondary N) is 1. The highest BCUT2D eigenvalue weighted by molar-refractivity contribution is 9.10. The van der Waals surface area contributed by atoms with Gasteiger partial charge in [-0.2, -0.15) is 0 Å². The lowest BCUT2D eigenvalue weighted by Crippen LogP contribution is -1.75. The van der Waals surface area contributed by atoms with Crippen LogP contribution in [0.2, 0.25) is 5.02 Å². The van der Waals surface area contributed by atoms with Crippen molar-refractivity contribution >= 4 is 44.7 Å². The van der Waals surface area contributed by atoms with E-state index in [1.54, 1.807) is 12.3 Å². The van der Waals surface area contributed by atoms with Crippen LogP contribution in [0.1, 0.15) is 10.4 Å². The van der Waals surface area contributed by atoms with Gasteiger partial charge in [0.15, 0.2) is 6.29 Å². The molecule has 0 unspecified atom stereocenters. The van der Waals surface area contributed by atoms with Gasteiger partial charge in [-0.1, -0.05) is 11.6 Å². The van der Waals surface area contributed by atoms with Gasteiger partial charge >= 0.3 is 0 Å². The van der Waals surface area contributed by atoms with Crippen molar-refractivity contribution in [3.05, 3.63) is 33.4 Å². The average molecular weight is 259 g/mol. The standard InChI is InChI=1S/C9H5BrClNO/c10-7-2-9-6(1-8(7)11)5(4-13)3-12-9/h1-4,12H. The summed E-state index contributed by atoms with van der Waals surface area (Å²) in [5, 5.41) is 1.46. The maximum atomic E-state index is 10.6. The van der Waals surface area contributed by atoms with E-state index in [1.807, 2.05) is 6.07 Å². The molecule has 0 bridgehead atoms. The third-order valence-corrected chi connectivity index (χ3v) is 3.08. The first-order chi connectivity index (χ1) is 6.22. The zero-order valence-electron chi connectivity index (χ0n) is 6.47. The molecule has 0 aliphatic carbocycles. The molecule has 0 fully saturated rings. The zero-order valence-corrected chi connectivity index (χ0v) is 8.82. The second-order valence-electron chi connectivity index (χ2n) is 2.67. The van der Waals surface area contributed by atoms with E-state index in [1.165, 1.54) is 0 Å². The van der Waals surface area contributed by atoms with Gasteiger partial charge in [-0.05, 0) is 28.1 Å². The highest BCUT2D eigenvalue weighted by Crippen LogP contribution is 2.28. The van der Waals surface area contributed by atoms with Crippen molar-refractivity contribution in [3.8, 4) is 0 Å². The second kappa shape index (κ2) is 3.16. The number of carbonyl (C=O) groups excluding carboxylic acids is 1. The number of halogens is 2. The third kappa shape index (κ3) is 1.38. The summed E-state index contributed by atoms with van der Waals surface area (Å²) in [5.41, 5.74) is 1.53. The van der Waals surface area contributed by atoms with E-state index in [-0.39, 0.29) is 0 Å². The van der Waals surface area contributed by atoms with Gasteiger partial charge in [0.25, 0.3) is 0 Å². The van der Waals surface area contributed by atoms with Crippen molar-refractivity contribution in [2.75, 3.05) is 0 Å². The number of hydrogen-bond acceptors (Lipinski definition) is 1. The Balaban J connectivity index is 2.84. The Labute approximate surface area is 88.0 Å². The second-order valence-corrected chi connectivity index (χ2v) is 3.94. The summed E-state index contributed by atoms with van der Waals surface area (Å²) in [6.45, 7) is 0. The molecule has 2 nitrogen and oxygen atoms in total.